The van der Waals surface area contributed by atoms with Gasteiger partial charge >= 0.3 is 0 Å². The first-order chi connectivity index (χ1) is 39.8. The predicted molar refractivity (Wildman–Crippen MR) is 356 cm³/mol. The molecule has 4 aliphatic rings. The van der Waals surface area contributed by atoms with Crippen molar-refractivity contribution in [2.75, 3.05) is 0 Å². The Morgan fingerprint density at radius 2 is 0.537 bits per heavy atom. The summed E-state index contributed by atoms with van der Waals surface area (Å²) in [6.45, 7) is 21.5. The van der Waals surface area contributed by atoms with Gasteiger partial charge < -0.3 is 4.43 Å². The second-order valence-corrected chi connectivity index (χ2v) is 36.9. The quantitative estimate of drug-likeness (QED) is 0.123. The van der Waals surface area contributed by atoms with E-state index in [1.54, 1.807) is 313 Å². The average Bonchev–Trinajstić information content (AvgIpc) is 1.40. The highest BCUT2D eigenvalue weighted by atomic mass is 28.4. The van der Waals surface area contributed by atoms with E-state index in [9.17, 15) is 0 Å². The van der Waals surface area contributed by atoms with Crippen molar-refractivity contribution in [1.29, 1.82) is 0 Å². The van der Waals surface area contributed by atoms with Crippen molar-refractivity contribution in [2.45, 2.75) is 89.8 Å². The lowest BCUT2D eigenvalue weighted by molar-refractivity contribution is 0.477. The molecule has 4 aliphatic carbocycles. The third-order valence-corrected chi connectivity index (χ3v) is 28.0. The Hall–Kier alpha value is -8.56. The van der Waals surface area contributed by atoms with E-state index in [1.165, 1.54) is 16.7 Å². The monoisotopic (exact) mass is 1040 g/mol. The zero-order valence-electron chi connectivity index (χ0n) is 46.0. The molecule has 364 valence electrons. The summed E-state index contributed by atoms with van der Waals surface area (Å²) >= 11 is 0. The number of benzene rings is 19. The van der Waals surface area contributed by atoms with E-state index in [1.807, 2.05) is 0 Å². The zero-order chi connectivity index (χ0) is 51.6. The third kappa shape index (κ3) is 2.24. The molecule has 33 rings (SSSR count). The van der Waals surface area contributed by atoms with E-state index in [0.29, 0.717) is 0 Å². The van der Waals surface area contributed by atoms with Crippen molar-refractivity contribution in [2.24, 2.45) is 0 Å². The van der Waals surface area contributed by atoms with Gasteiger partial charge in [-0.2, -0.15) is 0 Å². The number of hydrogen-bond donors (Lipinski definition) is 0. The summed E-state index contributed by atoms with van der Waals surface area (Å²) < 4.78 is 7.22. The number of hydrogen-bond acceptors (Lipinski definition) is 1. The van der Waals surface area contributed by atoms with Gasteiger partial charge in [0.05, 0.1) is 0 Å². The maximum Gasteiger partial charge on any atom is 0.242 e. The Morgan fingerprint density at radius 1 is 0.329 bits per heavy atom. The summed E-state index contributed by atoms with van der Waals surface area (Å²) in [5.74, 6) is 1.38. The van der Waals surface area contributed by atoms with Gasteiger partial charge in [-0.05, 0) is 379 Å². The minimum Gasteiger partial charge on any atom is -0.544 e. The van der Waals surface area contributed by atoms with Crippen LogP contribution in [0.3, 0.4) is 0 Å². The lowest BCUT2D eigenvalue weighted by atomic mass is 9.56. The molecule has 0 amide bonds. The van der Waals surface area contributed by atoms with Crippen LogP contribution in [-0.2, 0) is 16.2 Å². The summed E-state index contributed by atoms with van der Waals surface area (Å²) in [5, 5.41) is 90.0. The fraction of sp³-hybridized carbons (Fsp3) is 0.175. The normalized spacial score (nSPS) is 20.2. The third-order valence-electron chi connectivity index (χ3n) is 27.2. The van der Waals surface area contributed by atoms with Gasteiger partial charge in [0.25, 0.3) is 0 Å². The van der Waals surface area contributed by atoms with Crippen LogP contribution in [0.25, 0.3) is 297 Å². The van der Waals surface area contributed by atoms with Crippen LogP contribution in [0.5, 0.6) is 5.75 Å². The van der Waals surface area contributed by atoms with E-state index < -0.39 is 8.32 Å². The Morgan fingerprint density at radius 3 is 0.768 bits per heavy atom. The number of rotatable bonds is 5. The minimum atomic E-state index is -1.95. The van der Waals surface area contributed by atoms with Crippen molar-refractivity contribution < 1.29 is 4.43 Å². The number of allylic oxidation sites excluding steroid dienone is 1. The Kier molecular flexibility index (Phi) is 3.60. The van der Waals surface area contributed by atoms with Crippen LogP contribution in [0.4, 0.5) is 0 Å². The molecule has 0 unspecified atom stereocenters. The summed E-state index contributed by atoms with van der Waals surface area (Å²) in [6.07, 6.45) is 6.34. The first-order valence-corrected chi connectivity index (χ1v) is 34.5. The van der Waals surface area contributed by atoms with Gasteiger partial charge in [-0.1, -0.05) is 53.7 Å². The summed E-state index contributed by atoms with van der Waals surface area (Å²) in [4.78, 5) is 0. The summed E-state index contributed by atoms with van der Waals surface area (Å²) in [7, 11) is -1.95. The highest BCUT2D eigenvalue weighted by Gasteiger charge is 2.62. The first-order valence-electron chi connectivity index (χ1n) is 31.1. The van der Waals surface area contributed by atoms with Gasteiger partial charge in [0.15, 0.2) is 0 Å². The van der Waals surface area contributed by atoms with Crippen molar-refractivity contribution in [1.82, 2.24) is 0 Å². The van der Waals surface area contributed by atoms with Crippen LogP contribution < -0.4 is 4.43 Å². The second-order valence-electron chi connectivity index (χ2n) is 32.5. The van der Waals surface area contributed by atoms with Gasteiger partial charge in [0.2, 0.25) is 8.32 Å². The van der Waals surface area contributed by atoms with E-state index in [4.69, 9.17) is 4.43 Å². The molecule has 29 aromatic rings. The van der Waals surface area contributed by atoms with Crippen LogP contribution in [-0.4, -0.2) is 8.32 Å². The maximum absolute atomic E-state index is 7.22. The van der Waals surface area contributed by atoms with E-state index in [-0.39, 0.29) is 22.2 Å². The van der Waals surface area contributed by atoms with Gasteiger partial charge in [-0.3, -0.25) is 0 Å². The van der Waals surface area contributed by atoms with Crippen molar-refractivity contribution >= 4 is 305 Å². The van der Waals surface area contributed by atoms with Gasteiger partial charge in [0.1, 0.15) is 5.75 Å². The molecule has 0 aromatic heterocycles. The molecule has 0 heterocycles. The van der Waals surface area contributed by atoms with Crippen LogP contribution in [0, 0.1) is 0 Å². The highest BCUT2D eigenvalue weighted by Crippen LogP contribution is 2.84. The molecule has 0 bridgehead atoms. The Balaban J connectivity index is 0.932. The van der Waals surface area contributed by atoms with Gasteiger partial charge in [-0.25, -0.2) is 0 Å². The topological polar surface area (TPSA) is 9.23 Å². The van der Waals surface area contributed by atoms with E-state index in [0.717, 1.165) is 12.2 Å². The molecule has 0 N–H and O–H groups in total. The molecule has 0 saturated carbocycles. The largest absolute Gasteiger partial charge is 0.544 e. The van der Waals surface area contributed by atoms with E-state index >= 15 is 0 Å². The zero-order valence-corrected chi connectivity index (χ0v) is 47.0. The second kappa shape index (κ2) is 8.35. The molecule has 2 heteroatoms. The van der Waals surface area contributed by atoms with E-state index in [2.05, 4.69) is 85.5 Å². The Labute approximate surface area is 459 Å². The molecule has 0 spiro atoms. The van der Waals surface area contributed by atoms with Crippen molar-refractivity contribution in [3.8, 4) is 5.75 Å². The molecule has 0 radical (unpaired) electrons. The standard InChI is InChI=1S/C80H34OSi/c1-78(2,3)16-13-15(14-17(79(4,5)6)77(16)81-82(7,8)9)11-10-12-80-74-70-64-50-42-34-22-19-18-20-23(22)35-37-33-27(20)29-25-21(18)24-28-26(19)32-36(34)48(50)56-54-40(32)38(28)46-44-30(24)31(25)45-47-39(29)41(33)55-57-49(37)51(43(35)42)65(64)71(74)67(57)69-61(55)59(47)63-53(45)52(44)62-58(46)60(54)68(66(56)70)75(80)72(62)73(63)76(69)80/h10-11,13-14,74H,12H2,1-9H3/b11-10+. The highest BCUT2D eigenvalue weighted by molar-refractivity contribution is 6.82. The molecule has 0 fully saturated rings. The SMILES string of the molecule is CC(C)(C)c1cc(/C=C/CC23c4c5c6c7c8c9c(c%10c%11c2c2c4c4c%12c5c5c6c6c8c8c%13c9c9c%10c%10c%11c%11c2c2c4c4c%12c%12c5c5c6c8c6c8c%13c9c9c%10c%10c%11c2c2c4c4c%12c5c6c5c8c9c%10c2c45)C73)cc(C(C)(C)C)c1O[Si](C)(C)C. The molecule has 29 aromatic carbocycles. The molecular formula is C80H34OSi. The molecule has 0 aliphatic heterocycles. The fourth-order valence-electron chi connectivity index (χ4n) is 26.3. The van der Waals surface area contributed by atoms with Crippen LogP contribution in [0.2, 0.25) is 19.6 Å². The summed E-state index contributed by atoms with van der Waals surface area (Å²) in [5.41, 5.74) is 10.6. The van der Waals surface area contributed by atoms with Crippen molar-refractivity contribution in [3.63, 3.8) is 0 Å². The van der Waals surface area contributed by atoms with Crippen LogP contribution in [0.1, 0.15) is 92.8 Å². The molecule has 0 saturated heterocycles. The summed E-state index contributed by atoms with van der Waals surface area (Å²) in [6, 6.07) is 5.07. The minimum absolute atomic E-state index is 0.0876. The molecule has 0 atom stereocenters. The lowest BCUT2D eigenvalue weighted by Crippen LogP contribution is -2.36. The van der Waals surface area contributed by atoms with Gasteiger partial charge in [0, 0.05) is 11.3 Å². The van der Waals surface area contributed by atoms with Gasteiger partial charge in [-0.15, -0.1) is 0 Å². The fourth-order valence-corrected chi connectivity index (χ4v) is 27.2. The first kappa shape index (κ1) is 35.3. The molecule has 82 heavy (non-hydrogen) atoms. The molecule has 1 nitrogen and oxygen atoms in total. The lowest BCUT2D eigenvalue weighted by Gasteiger charge is -2.45. The van der Waals surface area contributed by atoms with Crippen LogP contribution in [0.15, 0.2) is 18.2 Å². The average molecular weight is 1040 g/mol. The predicted octanol–water partition coefficient (Wildman–Crippen LogP) is 23.1. The van der Waals surface area contributed by atoms with Crippen LogP contribution >= 0.6 is 0 Å². The maximum atomic E-state index is 7.22. The van der Waals surface area contributed by atoms with Crippen molar-refractivity contribution in [3.05, 3.63) is 57.2 Å². The molecular weight excluding hydrogens is 1000 g/mol. The Bertz CT molecular complexity index is 7620. The smallest absolute Gasteiger partial charge is 0.242 e.